The van der Waals surface area contributed by atoms with E-state index in [4.69, 9.17) is 4.74 Å². The topological polar surface area (TPSA) is 82.2 Å². The van der Waals surface area contributed by atoms with Crippen LogP contribution in [0.15, 0.2) is 24.3 Å². The van der Waals surface area contributed by atoms with Crippen LogP contribution in [0.5, 0.6) is 11.6 Å². The molecule has 0 fully saturated rings. The summed E-state index contributed by atoms with van der Waals surface area (Å²) in [6, 6.07) is 7.39. The average molecular weight is 276 g/mol. The molecule has 0 spiro atoms. The molecule has 1 aromatic carbocycles. The highest BCUT2D eigenvalue weighted by Gasteiger charge is 2.26. The number of nitro groups is 1. The van der Waals surface area contributed by atoms with Crippen molar-refractivity contribution in [3.05, 3.63) is 45.8 Å². The molecule has 7 nitrogen and oxygen atoms in total. The number of rotatable bonds is 5. The molecule has 106 valence electrons. The van der Waals surface area contributed by atoms with Gasteiger partial charge in [-0.2, -0.15) is 0 Å². The summed E-state index contributed by atoms with van der Waals surface area (Å²) in [5.74, 6) is 0.964. The summed E-state index contributed by atoms with van der Waals surface area (Å²) in [5.41, 5.74) is 0.920. The normalized spacial score (nSPS) is 10.6. The van der Waals surface area contributed by atoms with Crippen LogP contribution in [-0.4, -0.2) is 21.5 Å². The van der Waals surface area contributed by atoms with Crippen molar-refractivity contribution in [3.8, 4) is 11.6 Å². The van der Waals surface area contributed by atoms with Gasteiger partial charge in [0.1, 0.15) is 5.75 Å². The van der Waals surface area contributed by atoms with Crippen LogP contribution in [0.4, 0.5) is 5.82 Å². The smallest absolute Gasteiger partial charge is 0.427 e. The molecule has 1 heterocycles. The molecule has 0 radical (unpaired) electrons. The van der Waals surface area contributed by atoms with E-state index in [1.807, 2.05) is 25.2 Å². The molecule has 2 aromatic rings. The molecule has 0 atom stereocenters. The molecule has 0 saturated heterocycles. The predicted molar refractivity (Wildman–Crippen MR) is 73.9 cm³/mol. The first-order valence-electron chi connectivity index (χ1n) is 6.12. The number of benzene rings is 1. The molecule has 0 amide bonds. The van der Waals surface area contributed by atoms with Crippen molar-refractivity contribution in [2.75, 3.05) is 7.05 Å². The first kappa shape index (κ1) is 14.0. The van der Waals surface area contributed by atoms with Crippen LogP contribution in [0.2, 0.25) is 0 Å². The number of para-hydroxylation sites is 1. The largest absolute Gasteiger partial charge is 0.433 e. The lowest BCUT2D eigenvalue weighted by Crippen LogP contribution is -2.07. The second-order valence-electron chi connectivity index (χ2n) is 4.34. The van der Waals surface area contributed by atoms with E-state index in [1.54, 1.807) is 24.6 Å². The van der Waals surface area contributed by atoms with Gasteiger partial charge in [0.15, 0.2) is 0 Å². The second kappa shape index (κ2) is 5.70. The maximum absolute atomic E-state index is 11.0. The highest BCUT2D eigenvalue weighted by molar-refractivity contribution is 5.42. The van der Waals surface area contributed by atoms with Crippen molar-refractivity contribution in [1.82, 2.24) is 14.9 Å². The fourth-order valence-electron chi connectivity index (χ4n) is 1.85. The van der Waals surface area contributed by atoms with Crippen molar-refractivity contribution in [2.45, 2.75) is 13.5 Å². The second-order valence-corrected chi connectivity index (χ2v) is 4.34. The molecule has 0 aliphatic heterocycles. The Balaban J connectivity index is 2.42. The molecule has 0 bridgehead atoms. The summed E-state index contributed by atoms with van der Waals surface area (Å²) in [7, 11) is 3.51. The Hall–Kier alpha value is -2.41. The third kappa shape index (κ3) is 2.62. The van der Waals surface area contributed by atoms with Gasteiger partial charge in [0.2, 0.25) is 5.82 Å². The summed E-state index contributed by atoms with van der Waals surface area (Å²) in [6.45, 7) is 2.31. The van der Waals surface area contributed by atoms with E-state index in [1.165, 1.54) is 0 Å². The number of nitrogens with zero attached hydrogens (tertiary/aromatic N) is 3. The quantitative estimate of drug-likeness (QED) is 0.668. The van der Waals surface area contributed by atoms with Gasteiger partial charge in [-0.25, -0.2) is 0 Å². The van der Waals surface area contributed by atoms with Gasteiger partial charge in [0, 0.05) is 26.1 Å². The molecule has 7 heteroatoms. The van der Waals surface area contributed by atoms with Gasteiger partial charge in [0.05, 0.1) is 0 Å². The first-order valence-corrected chi connectivity index (χ1v) is 6.12. The lowest BCUT2D eigenvalue weighted by Gasteiger charge is -2.10. The number of imidazole rings is 1. The molecular formula is C13H16N4O3. The van der Waals surface area contributed by atoms with Crippen molar-refractivity contribution < 1.29 is 9.66 Å². The van der Waals surface area contributed by atoms with Crippen LogP contribution in [0.3, 0.4) is 0 Å². The van der Waals surface area contributed by atoms with Gasteiger partial charge in [0.25, 0.3) is 0 Å². The third-order valence-corrected chi connectivity index (χ3v) is 2.97. The minimum absolute atomic E-state index is 0.135. The molecule has 0 saturated carbocycles. The first-order chi connectivity index (χ1) is 9.54. The summed E-state index contributed by atoms with van der Waals surface area (Å²) in [6.07, 6.45) is 0. The lowest BCUT2D eigenvalue weighted by molar-refractivity contribution is -0.390. The fraction of sp³-hybridized carbons (Fsp3) is 0.308. The number of ether oxygens (including phenoxy) is 1. The standard InChI is InChI=1S/C13H16N4O3/c1-9-15-12(17(18)19)13(16(9)3)20-11-7-5-4-6-10(11)8-14-2/h4-7,14H,8H2,1-3H3. The molecule has 1 aromatic heterocycles. The Morgan fingerprint density at radius 1 is 1.45 bits per heavy atom. The summed E-state index contributed by atoms with van der Waals surface area (Å²) in [5, 5.41) is 14.1. The highest BCUT2D eigenvalue weighted by atomic mass is 16.6. The minimum atomic E-state index is -0.539. The Kier molecular flexibility index (Phi) is 3.99. The predicted octanol–water partition coefficient (Wildman–Crippen LogP) is 2.15. The van der Waals surface area contributed by atoms with Crippen LogP contribution in [0, 0.1) is 17.0 Å². The van der Waals surface area contributed by atoms with Crippen LogP contribution >= 0.6 is 0 Å². The number of aryl methyl sites for hydroxylation is 1. The Morgan fingerprint density at radius 2 is 2.15 bits per heavy atom. The maximum atomic E-state index is 11.0. The maximum Gasteiger partial charge on any atom is 0.427 e. The fourth-order valence-corrected chi connectivity index (χ4v) is 1.85. The van der Waals surface area contributed by atoms with Gasteiger partial charge in [-0.15, -0.1) is 0 Å². The van der Waals surface area contributed by atoms with Crippen molar-refractivity contribution in [3.63, 3.8) is 0 Å². The minimum Gasteiger partial charge on any atom is -0.433 e. The van der Waals surface area contributed by atoms with E-state index < -0.39 is 4.92 Å². The summed E-state index contributed by atoms with van der Waals surface area (Å²) in [4.78, 5) is 14.4. The Morgan fingerprint density at radius 3 is 2.80 bits per heavy atom. The van der Waals surface area contributed by atoms with Gasteiger partial charge in [-0.3, -0.25) is 4.57 Å². The average Bonchev–Trinajstić information content (AvgIpc) is 2.70. The molecule has 2 rings (SSSR count). The van der Waals surface area contributed by atoms with Crippen LogP contribution in [0.25, 0.3) is 0 Å². The zero-order chi connectivity index (χ0) is 14.7. The molecular weight excluding hydrogens is 260 g/mol. The van der Waals surface area contributed by atoms with E-state index in [0.717, 1.165) is 5.56 Å². The van der Waals surface area contributed by atoms with Crippen molar-refractivity contribution in [1.29, 1.82) is 0 Å². The lowest BCUT2D eigenvalue weighted by atomic mass is 10.2. The molecule has 0 aliphatic carbocycles. The van der Waals surface area contributed by atoms with Gasteiger partial charge >= 0.3 is 11.7 Å². The van der Waals surface area contributed by atoms with Gasteiger partial charge in [-0.05, 0) is 23.0 Å². The van der Waals surface area contributed by atoms with E-state index in [9.17, 15) is 10.1 Å². The number of aromatic nitrogens is 2. The SMILES string of the molecule is CNCc1ccccc1Oc1c([N+](=O)[O-])nc(C)n1C. The molecule has 20 heavy (non-hydrogen) atoms. The van der Waals surface area contributed by atoms with Gasteiger partial charge < -0.3 is 20.2 Å². The molecule has 1 N–H and O–H groups in total. The van der Waals surface area contributed by atoms with Gasteiger partial charge in [-0.1, -0.05) is 18.2 Å². The van der Waals surface area contributed by atoms with E-state index in [-0.39, 0.29) is 11.7 Å². The third-order valence-electron chi connectivity index (χ3n) is 2.97. The molecule has 0 aliphatic rings. The Labute approximate surface area is 116 Å². The van der Waals surface area contributed by atoms with E-state index >= 15 is 0 Å². The monoisotopic (exact) mass is 276 g/mol. The Bertz CT molecular complexity index is 637. The highest BCUT2D eigenvalue weighted by Crippen LogP contribution is 2.32. The van der Waals surface area contributed by atoms with Crippen molar-refractivity contribution >= 4 is 5.82 Å². The zero-order valence-electron chi connectivity index (χ0n) is 11.6. The summed E-state index contributed by atoms with van der Waals surface area (Å²) >= 11 is 0. The van der Waals surface area contributed by atoms with Crippen LogP contribution in [0.1, 0.15) is 11.4 Å². The van der Waals surface area contributed by atoms with Crippen LogP contribution < -0.4 is 10.1 Å². The number of hydrogen-bond acceptors (Lipinski definition) is 5. The number of nitrogens with one attached hydrogen (secondary N) is 1. The zero-order valence-corrected chi connectivity index (χ0v) is 11.6. The molecule has 0 unspecified atom stereocenters. The van der Waals surface area contributed by atoms with E-state index in [2.05, 4.69) is 10.3 Å². The number of hydrogen-bond donors (Lipinski definition) is 1. The van der Waals surface area contributed by atoms with E-state index in [0.29, 0.717) is 18.1 Å². The summed E-state index contributed by atoms with van der Waals surface area (Å²) < 4.78 is 7.29. The van der Waals surface area contributed by atoms with Crippen LogP contribution in [-0.2, 0) is 13.6 Å². The van der Waals surface area contributed by atoms with Crippen molar-refractivity contribution in [2.24, 2.45) is 7.05 Å².